The molecule has 0 heterocycles. The van der Waals surface area contributed by atoms with Gasteiger partial charge in [0.05, 0.1) is 17.8 Å². The van der Waals surface area contributed by atoms with Gasteiger partial charge >= 0.3 is 0 Å². The van der Waals surface area contributed by atoms with Crippen molar-refractivity contribution in [2.45, 2.75) is 70.6 Å². The highest BCUT2D eigenvalue weighted by atomic mass is 16.2. The van der Waals surface area contributed by atoms with Gasteiger partial charge in [-0.1, -0.05) is 81.0 Å². The number of anilines is 2. The Bertz CT molecular complexity index is 865. The van der Waals surface area contributed by atoms with Crippen molar-refractivity contribution in [3.05, 3.63) is 60.2 Å². The second-order valence-corrected chi connectivity index (χ2v) is 9.57. The van der Waals surface area contributed by atoms with E-state index in [-0.39, 0.29) is 17.7 Å². The van der Waals surface area contributed by atoms with Crippen molar-refractivity contribution < 1.29 is 9.59 Å². The van der Waals surface area contributed by atoms with Gasteiger partial charge in [0, 0.05) is 5.92 Å². The normalized spacial score (nSPS) is 17.8. The van der Waals surface area contributed by atoms with Crippen LogP contribution >= 0.6 is 0 Å². The van der Waals surface area contributed by atoms with Gasteiger partial charge in [-0.05, 0) is 55.2 Å². The van der Waals surface area contributed by atoms with Crippen molar-refractivity contribution >= 4 is 23.2 Å². The number of nitrogens with one attached hydrogen (secondary N) is 2. The lowest BCUT2D eigenvalue weighted by Crippen LogP contribution is -2.37. The predicted molar refractivity (Wildman–Crippen MR) is 130 cm³/mol. The summed E-state index contributed by atoms with van der Waals surface area (Å²) in [5.41, 5.74) is 2.35. The Morgan fingerprint density at radius 3 is 1.75 bits per heavy atom. The second-order valence-electron chi connectivity index (χ2n) is 9.57. The van der Waals surface area contributed by atoms with Crippen LogP contribution in [0.5, 0.6) is 0 Å². The number of rotatable bonds is 7. The number of hydrogen-bond acceptors (Lipinski definition) is 2. The predicted octanol–water partition coefficient (Wildman–Crippen LogP) is 6.58. The number of benzene rings is 2. The van der Waals surface area contributed by atoms with Crippen LogP contribution < -0.4 is 10.6 Å². The molecule has 2 aliphatic carbocycles. The van der Waals surface area contributed by atoms with E-state index in [0.717, 1.165) is 5.56 Å². The first-order chi connectivity index (χ1) is 15.7. The zero-order chi connectivity index (χ0) is 22.2. The molecule has 0 bridgehead atoms. The van der Waals surface area contributed by atoms with E-state index in [1.54, 1.807) is 0 Å². The summed E-state index contributed by atoms with van der Waals surface area (Å²) in [5, 5.41) is 6.23. The first-order valence-corrected chi connectivity index (χ1v) is 12.4. The fourth-order valence-electron chi connectivity index (χ4n) is 5.69. The van der Waals surface area contributed by atoms with Crippen LogP contribution in [0.15, 0.2) is 54.6 Å². The maximum Gasteiger partial charge on any atom is 0.228 e. The molecular weight excluding hydrogens is 396 g/mol. The Balaban J connectivity index is 1.46. The molecule has 4 rings (SSSR count). The quantitative estimate of drug-likeness (QED) is 0.519. The van der Waals surface area contributed by atoms with Gasteiger partial charge in [0.15, 0.2) is 0 Å². The topological polar surface area (TPSA) is 58.2 Å². The highest BCUT2D eigenvalue weighted by Crippen LogP contribution is 2.41. The highest BCUT2D eigenvalue weighted by Gasteiger charge is 2.36. The van der Waals surface area contributed by atoms with Crippen molar-refractivity contribution in [1.29, 1.82) is 0 Å². The standard InChI is InChI=1S/C28H36N2O2/c31-26(20-21-12-4-1-5-13-21)29-24-18-10-11-19-25(24)30-28(32)27(22-14-6-2-7-15-22)23-16-8-3-9-17-23/h1,4-5,10-13,18-19,22-23,27H,2-3,6-9,14-17,20H2,(H,29,31)(H,30,32). The van der Waals surface area contributed by atoms with Gasteiger partial charge in [-0.15, -0.1) is 0 Å². The van der Waals surface area contributed by atoms with Gasteiger partial charge in [-0.25, -0.2) is 0 Å². The fourth-order valence-corrected chi connectivity index (χ4v) is 5.69. The molecule has 2 N–H and O–H groups in total. The Kier molecular flexibility index (Phi) is 7.97. The molecule has 2 aromatic rings. The van der Waals surface area contributed by atoms with Crippen LogP contribution in [0.3, 0.4) is 0 Å². The molecule has 0 aliphatic heterocycles. The van der Waals surface area contributed by atoms with Gasteiger partial charge in [-0.3, -0.25) is 9.59 Å². The average Bonchev–Trinajstić information content (AvgIpc) is 2.82. The van der Waals surface area contributed by atoms with E-state index in [2.05, 4.69) is 10.6 Å². The number of carbonyl (C=O) groups excluding carboxylic acids is 2. The van der Waals surface area contributed by atoms with Crippen molar-refractivity contribution in [1.82, 2.24) is 0 Å². The minimum absolute atomic E-state index is 0.0750. The third kappa shape index (κ3) is 5.99. The van der Waals surface area contributed by atoms with Crippen LogP contribution in [-0.4, -0.2) is 11.8 Å². The monoisotopic (exact) mass is 432 g/mol. The van der Waals surface area contributed by atoms with Crippen molar-refractivity contribution in [2.24, 2.45) is 17.8 Å². The summed E-state index contributed by atoms with van der Waals surface area (Å²) in [5.74, 6) is 1.14. The Morgan fingerprint density at radius 2 is 1.19 bits per heavy atom. The molecule has 2 fully saturated rings. The van der Waals surface area contributed by atoms with E-state index in [1.165, 1.54) is 64.2 Å². The number of para-hydroxylation sites is 2. The summed E-state index contributed by atoms with van der Waals surface area (Å²) < 4.78 is 0. The van der Waals surface area contributed by atoms with Crippen molar-refractivity contribution in [2.75, 3.05) is 10.6 Å². The molecule has 170 valence electrons. The van der Waals surface area contributed by atoms with Crippen LogP contribution in [0.25, 0.3) is 0 Å². The summed E-state index contributed by atoms with van der Waals surface area (Å²) in [6, 6.07) is 17.3. The van der Waals surface area contributed by atoms with Crippen molar-refractivity contribution in [3.8, 4) is 0 Å². The van der Waals surface area contributed by atoms with E-state index >= 15 is 0 Å². The lowest BCUT2D eigenvalue weighted by molar-refractivity contribution is -0.124. The molecule has 0 saturated heterocycles. The van der Waals surface area contributed by atoms with Crippen molar-refractivity contribution in [3.63, 3.8) is 0 Å². The first-order valence-electron chi connectivity index (χ1n) is 12.4. The number of hydrogen-bond donors (Lipinski definition) is 2. The maximum absolute atomic E-state index is 13.6. The summed E-state index contributed by atoms with van der Waals surface area (Å²) in [7, 11) is 0. The average molecular weight is 433 g/mol. The molecule has 2 saturated carbocycles. The molecule has 0 aromatic heterocycles. The summed E-state index contributed by atoms with van der Waals surface area (Å²) in [4.78, 5) is 26.2. The van der Waals surface area contributed by atoms with Gasteiger partial charge < -0.3 is 10.6 Å². The Labute approximate surface area is 192 Å². The molecule has 32 heavy (non-hydrogen) atoms. The van der Waals surface area contributed by atoms with Gasteiger partial charge in [-0.2, -0.15) is 0 Å². The minimum Gasteiger partial charge on any atom is -0.324 e. The number of carbonyl (C=O) groups is 2. The molecular formula is C28H36N2O2. The molecule has 0 unspecified atom stereocenters. The molecule has 2 aromatic carbocycles. The molecule has 0 radical (unpaired) electrons. The van der Waals surface area contributed by atoms with Crippen LogP contribution in [0, 0.1) is 17.8 Å². The van der Waals surface area contributed by atoms with Gasteiger partial charge in [0.1, 0.15) is 0 Å². The lowest BCUT2D eigenvalue weighted by Gasteiger charge is -2.37. The smallest absolute Gasteiger partial charge is 0.228 e. The van der Waals surface area contributed by atoms with Crippen LogP contribution in [0.2, 0.25) is 0 Å². The fraction of sp³-hybridized carbons (Fsp3) is 0.500. The van der Waals surface area contributed by atoms with Crippen LogP contribution in [-0.2, 0) is 16.0 Å². The van der Waals surface area contributed by atoms with Gasteiger partial charge in [0.25, 0.3) is 0 Å². The van der Waals surface area contributed by atoms with Crippen LogP contribution in [0.1, 0.15) is 69.8 Å². The molecule has 0 atom stereocenters. The second kappa shape index (κ2) is 11.3. The summed E-state index contributed by atoms with van der Waals surface area (Å²) in [6.45, 7) is 0. The van der Waals surface area contributed by atoms with Crippen LogP contribution in [0.4, 0.5) is 11.4 Å². The molecule has 4 nitrogen and oxygen atoms in total. The summed E-state index contributed by atoms with van der Waals surface area (Å²) in [6.07, 6.45) is 12.6. The zero-order valence-electron chi connectivity index (χ0n) is 19.0. The Hall–Kier alpha value is -2.62. The molecule has 4 heteroatoms. The third-order valence-electron chi connectivity index (χ3n) is 7.28. The number of amides is 2. The maximum atomic E-state index is 13.6. The van der Waals surface area contributed by atoms with E-state index in [0.29, 0.717) is 29.6 Å². The van der Waals surface area contributed by atoms with E-state index in [4.69, 9.17) is 0 Å². The first kappa shape index (κ1) is 22.6. The third-order valence-corrected chi connectivity index (χ3v) is 7.28. The highest BCUT2D eigenvalue weighted by molar-refractivity contribution is 6.00. The van der Waals surface area contributed by atoms with E-state index in [9.17, 15) is 9.59 Å². The Morgan fingerprint density at radius 1 is 0.688 bits per heavy atom. The van der Waals surface area contributed by atoms with E-state index in [1.807, 2.05) is 54.6 Å². The zero-order valence-corrected chi connectivity index (χ0v) is 19.0. The SMILES string of the molecule is O=C(Cc1ccccc1)Nc1ccccc1NC(=O)C(C1CCCCC1)C1CCCCC1. The lowest BCUT2D eigenvalue weighted by atomic mass is 9.69. The van der Waals surface area contributed by atoms with E-state index < -0.39 is 0 Å². The molecule has 0 spiro atoms. The molecule has 2 aliphatic rings. The largest absolute Gasteiger partial charge is 0.324 e. The van der Waals surface area contributed by atoms with Gasteiger partial charge in [0.2, 0.25) is 11.8 Å². The molecule has 2 amide bonds. The minimum atomic E-state index is -0.0750. The summed E-state index contributed by atoms with van der Waals surface area (Å²) >= 11 is 0.